The Morgan fingerprint density at radius 1 is 1.12 bits per heavy atom. The fraction of sp³-hybridized carbons (Fsp3) is 0.160. The maximum Gasteiger partial charge on any atom is 0.337 e. The maximum absolute atomic E-state index is 13.1. The largest absolute Gasteiger partial charge is 0.467 e. The molecule has 1 aliphatic heterocycles. The van der Waals surface area contributed by atoms with Crippen LogP contribution in [0.4, 0.5) is 5.69 Å². The van der Waals surface area contributed by atoms with Gasteiger partial charge >= 0.3 is 5.97 Å². The zero-order valence-electron chi connectivity index (χ0n) is 17.9. The summed E-state index contributed by atoms with van der Waals surface area (Å²) in [6.07, 6.45) is 2.05. The Morgan fingerprint density at radius 3 is 2.79 bits per heavy atom. The molecule has 0 saturated carbocycles. The van der Waals surface area contributed by atoms with Gasteiger partial charge in [0.1, 0.15) is 23.1 Å². The summed E-state index contributed by atoms with van der Waals surface area (Å²) in [5.74, 6) is 0.584. The van der Waals surface area contributed by atoms with Crippen molar-refractivity contribution in [3.63, 3.8) is 0 Å². The lowest BCUT2D eigenvalue weighted by molar-refractivity contribution is -0.131. The van der Waals surface area contributed by atoms with Gasteiger partial charge in [0.25, 0.3) is 5.91 Å². The summed E-state index contributed by atoms with van der Waals surface area (Å²) in [6, 6.07) is 19.7. The predicted molar refractivity (Wildman–Crippen MR) is 122 cm³/mol. The van der Waals surface area contributed by atoms with E-state index < -0.39 is 5.97 Å². The van der Waals surface area contributed by atoms with Crippen LogP contribution in [0.2, 0.25) is 0 Å². The Balaban J connectivity index is 1.37. The normalized spacial score (nSPS) is 15.5. The summed E-state index contributed by atoms with van der Waals surface area (Å²) in [4.78, 5) is 24.9. The van der Waals surface area contributed by atoms with E-state index in [1.54, 1.807) is 36.6 Å². The molecule has 0 spiro atoms. The molecule has 2 aromatic heterocycles. The number of nitrogens with zero attached hydrogens (tertiary/aromatic N) is 2. The van der Waals surface area contributed by atoms with Gasteiger partial charge < -0.3 is 18.9 Å². The number of esters is 1. The van der Waals surface area contributed by atoms with Gasteiger partial charge in [-0.1, -0.05) is 24.3 Å². The zero-order chi connectivity index (χ0) is 22.8. The summed E-state index contributed by atoms with van der Waals surface area (Å²) in [5.41, 5.74) is 2.46. The lowest BCUT2D eigenvalue weighted by Crippen LogP contribution is -2.32. The number of amides is 1. The number of hydrogen-bond donors (Lipinski definition) is 1. The Bertz CT molecular complexity index is 1310. The van der Waals surface area contributed by atoms with E-state index in [-0.39, 0.29) is 18.5 Å². The highest BCUT2D eigenvalue weighted by Crippen LogP contribution is 2.34. The van der Waals surface area contributed by atoms with Crippen molar-refractivity contribution in [1.82, 2.24) is 5.01 Å². The number of fused-ring (bicyclic) bond motifs is 1. The van der Waals surface area contributed by atoms with Gasteiger partial charge in [-0.2, -0.15) is 5.10 Å². The molecule has 0 radical (unpaired) electrons. The maximum atomic E-state index is 13.1. The van der Waals surface area contributed by atoms with Crippen LogP contribution in [-0.4, -0.2) is 36.3 Å². The molecule has 2 aromatic carbocycles. The number of carbonyl (C=O) groups is 2. The molecular formula is C25H21N3O5. The Hall–Kier alpha value is -4.33. The van der Waals surface area contributed by atoms with E-state index in [0.717, 1.165) is 11.0 Å². The lowest BCUT2D eigenvalue weighted by atomic mass is 10.1. The summed E-state index contributed by atoms with van der Waals surface area (Å²) in [6.45, 7) is -0.0151. The van der Waals surface area contributed by atoms with Crippen molar-refractivity contribution in [1.29, 1.82) is 0 Å². The molecule has 8 nitrogen and oxygen atoms in total. The number of hydrazone groups is 1. The van der Waals surface area contributed by atoms with Gasteiger partial charge in [0, 0.05) is 17.5 Å². The number of hydrogen-bond acceptors (Lipinski definition) is 7. The molecule has 0 aliphatic carbocycles. The number of methoxy groups -OCH3 is 1. The first kappa shape index (κ1) is 20.6. The molecule has 0 saturated heterocycles. The fourth-order valence-electron chi connectivity index (χ4n) is 3.85. The van der Waals surface area contributed by atoms with E-state index in [2.05, 4.69) is 10.4 Å². The lowest BCUT2D eigenvalue weighted by Gasteiger charge is -2.20. The second kappa shape index (κ2) is 8.66. The minimum atomic E-state index is -0.442. The highest BCUT2D eigenvalue weighted by molar-refractivity contribution is 6.03. The van der Waals surface area contributed by atoms with Crippen molar-refractivity contribution in [2.75, 3.05) is 19.0 Å². The SMILES string of the molecule is COC(=O)c1cccc(NCC(=O)N2N=C(c3cc4ccccc4o3)C[C@H]2c2ccco2)c1. The smallest absolute Gasteiger partial charge is 0.337 e. The van der Waals surface area contributed by atoms with Gasteiger partial charge in [-0.3, -0.25) is 4.79 Å². The van der Waals surface area contributed by atoms with Crippen LogP contribution in [0.25, 0.3) is 11.0 Å². The summed E-state index contributed by atoms with van der Waals surface area (Å²) in [7, 11) is 1.33. The van der Waals surface area contributed by atoms with Crippen molar-refractivity contribution >= 4 is 34.2 Å². The number of nitrogens with one attached hydrogen (secondary N) is 1. The van der Waals surface area contributed by atoms with E-state index >= 15 is 0 Å². The van der Waals surface area contributed by atoms with Crippen LogP contribution in [0.5, 0.6) is 0 Å². The standard InChI is InChI=1S/C25H21N3O5/c1-31-25(30)17-7-4-8-18(12-17)26-15-24(29)28-20(22-10-5-11-32-22)14-19(27-28)23-13-16-6-2-3-9-21(16)33-23/h2-13,20,26H,14-15H2,1H3/t20-/m0/s1. The van der Waals surface area contributed by atoms with Gasteiger partial charge in [0.2, 0.25) is 0 Å². The van der Waals surface area contributed by atoms with Crippen molar-refractivity contribution in [2.45, 2.75) is 12.5 Å². The first-order chi connectivity index (χ1) is 16.1. The van der Waals surface area contributed by atoms with Crippen LogP contribution in [0.15, 0.2) is 86.9 Å². The molecular weight excluding hydrogens is 422 g/mol. The molecule has 1 amide bonds. The quantitative estimate of drug-likeness (QED) is 0.438. The van der Waals surface area contributed by atoms with Gasteiger partial charge in [0.05, 0.1) is 25.5 Å². The average Bonchev–Trinajstić information content (AvgIpc) is 3.60. The van der Waals surface area contributed by atoms with Crippen LogP contribution in [0, 0.1) is 0 Å². The molecule has 1 atom stereocenters. The monoisotopic (exact) mass is 443 g/mol. The number of benzene rings is 2. The summed E-state index contributed by atoms with van der Waals surface area (Å²) < 4.78 is 16.3. The summed E-state index contributed by atoms with van der Waals surface area (Å²) >= 11 is 0. The Labute approximate surface area is 189 Å². The molecule has 0 fully saturated rings. The molecule has 5 rings (SSSR count). The van der Waals surface area contributed by atoms with Crippen molar-refractivity contribution in [3.8, 4) is 0 Å². The minimum absolute atomic E-state index is 0.0151. The number of ether oxygens (including phenoxy) is 1. The topological polar surface area (TPSA) is 97.3 Å². The van der Waals surface area contributed by atoms with Crippen molar-refractivity contribution in [3.05, 3.63) is 90.1 Å². The molecule has 8 heteroatoms. The second-order valence-electron chi connectivity index (χ2n) is 7.59. The van der Waals surface area contributed by atoms with E-state index in [9.17, 15) is 9.59 Å². The first-order valence-electron chi connectivity index (χ1n) is 10.5. The minimum Gasteiger partial charge on any atom is -0.467 e. The van der Waals surface area contributed by atoms with Crippen LogP contribution < -0.4 is 5.32 Å². The number of carbonyl (C=O) groups excluding carboxylic acids is 2. The highest BCUT2D eigenvalue weighted by Gasteiger charge is 2.35. The van der Waals surface area contributed by atoms with Gasteiger partial charge in [-0.15, -0.1) is 0 Å². The first-order valence-corrected chi connectivity index (χ1v) is 10.5. The van der Waals surface area contributed by atoms with Crippen LogP contribution >= 0.6 is 0 Å². The third-order valence-electron chi connectivity index (χ3n) is 5.47. The molecule has 0 unspecified atom stereocenters. The molecule has 33 heavy (non-hydrogen) atoms. The van der Waals surface area contributed by atoms with E-state index in [1.165, 1.54) is 12.1 Å². The van der Waals surface area contributed by atoms with Crippen molar-refractivity contribution < 1.29 is 23.2 Å². The van der Waals surface area contributed by atoms with E-state index in [1.807, 2.05) is 36.4 Å². The Morgan fingerprint density at radius 2 is 2.00 bits per heavy atom. The highest BCUT2D eigenvalue weighted by atomic mass is 16.5. The fourth-order valence-corrected chi connectivity index (χ4v) is 3.85. The summed E-state index contributed by atoms with van der Waals surface area (Å²) in [5, 5.41) is 10.1. The number of rotatable bonds is 6. The van der Waals surface area contributed by atoms with Gasteiger partial charge in [-0.25, -0.2) is 9.80 Å². The molecule has 166 valence electrons. The van der Waals surface area contributed by atoms with Gasteiger partial charge in [-0.05, 0) is 42.5 Å². The number of furan rings is 2. The third-order valence-corrected chi connectivity index (χ3v) is 5.47. The third kappa shape index (κ3) is 4.10. The van der Waals surface area contributed by atoms with E-state index in [0.29, 0.717) is 34.9 Å². The number of anilines is 1. The molecule has 3 heterocycles. The Kier molecular flexibility index (Phi) is 5.40. The second-order valence-corrected chi connectivity index (χ2v) is 7.59. The molecule has 0 bridgehead atoms. The molecule has 4 aromatic rings. The van der Waals surface area contributed by atoms with Gasteiger partial charge in [0.15, 0.2) is 5.76 Å². The van der Waals surface area contributed by atoms with Crippen LogP contribution in [-0.2, 0) is 9.53 Å². The average molecular weight is 443 g/mol. The molecule has 1 aliphatic rings. The number of para-hydroxylation sites is 1. The van der Waals surface area contributed by atoms with E-state index in [4.69, 9.17) is 13.6 Å². The van der Waals surface area contributed by atoms with Crippen LogP contribution in [0.3, 0.4) is 0 Å². The molecule has 1 N–H and O–H groups in total. The predicted octanol–water partition coefficient (Wildman–Crippen LogP) is 4.60. The van der Waals surface area contributed by atoms with Crippen molar-refractivity contribution in [2.24, 2.45) is 5.10 Å². The van der Waals surface area contributed by atoms with Crippen LogP contribution in [0.1, 0.15) is 34.3 Å². The zero-order valence-corrected chi connectivity index (χ0v) is 17.9.